The van der Waals surface area contributed by atoms with Crippen LogP contribution in [0.4, 0.5) is 9.59 Å². The van der Waals surface area contributed by atoms with Crippen LogP contribution >= 0.6 is 0 Å². The molecule has 0 saturated carbocycles. The Balaban J connectivity index is 1.36. The number of nitrogens with zero attached hydrogens (tertiary/aromatic N) is 3. The third-order valence-corrected chi connectivity index (χ3v) is 7.91. The molecule has 3 aromatic rings. The summed E-state index contributed by atoms with van der Waals surface area (Å²) >= 11 is 0. The average molecular weight is 536 g/mol. The Kier molecular flexibility index (Phi) is 6.67. The van der Waals surface area contributed by atoms with Crippen LogP contribution in [0.5, 0.6) is 0 Å². The highest BCUT2D eigenvalue weighted by molar-refractivity contribution is 6.17. The van der Waals surface area contributed by atoms with Crippen LogP contribution in [-0.2, 0) is 33.8 Å². The van der Waals surface area contributed by atoms with Crippen molar-refractivity contribution in [2.24, 2.45) is 0 Å². The van der Waals surface area contributed by atoms with Gasteiger partial charge in [-0.15, -0.1) is 0 Å². The van der Waals surface area contributed by atoms with Gasteiger partial charge in [-0.1, -0.05) is 97.1 Å². The second-order valence-electron chi connectivity index (χ2n) is 10.3. The first-order chi connectivity index (χ1) is 19.5. The van der Waals surface area contributed by atoms with Crippen LogP contribution < -0.4 is 0 Å². The number of carbonyl (C=O) groups is 4. The molecule has 0 aromatic heterocycles. The molecule has 0 unspecified atom stereocenters. The van der Waals surface area contributed by atoms with Gasteiger partial charge in [-0.05, 0) is 36.0 Å². The van der Waals surface area contributed by atoms with Crippen LogP contribution in [0, 0.1) is 0 Å². The molecule has 3 aromatic carbocycles. The van der Waals surface area contributed by atoms with E-state index >= 15 is 0 Å². The highest BCUT2D eigenvalue weighted by atomic mass is 16.6. The summed E-state index contributed by atoms with van der Waals surface area (Å²) in [6.07, 6.45) is 2.10. The number of carbonyl (C=O) groups excluding carboxylic acids is 4. The van der Waals surface area contributed by atoms with E-state index in [-0.39, 0.29) is 31.7 Å². The van der Waals surface area contributed by atoms with Crippen LogP contribution in [0.2, 0.25) is 0 Å². The number of imide groups is 2. The van der Waals surface area contributed by atoms with Gasteiger partial charge in [-0.2, -0.15) is 0 Å². The number of cyclic esters (lactones) is 1. The van der Waals surface area contributed by atoms with E-state index in [2.05, 4.69) is 0 Å². The fourth-order valence-corrected chi connectivity index (χ4v) is 5.98. The maximum Gasteiger partial charge on any atom is 0.417 e. The summed E-state index contributed by atoms with van der Waals surface area (Å²) in [5.41, 5.74) is 1.27. The molecule has 3 aliphatic rings. The van der Waals surface area contributed by atoms with Gasteiger partial charge in [0.2, 0.25) is 0 Å². The van der Waals surface area contributed by atoms with Crippen LogP contribution in [0.3, 0.4) is 0 Å². The van der Waals surface area contributed by atoms with Crippen LogP contribution in [0.25, 0.3) is 0 Å². The standard InChI is InChI=1S/C32H29N3O5/c36-28(35-26(22-40-31(35)39)19-23-11-4-1-5-12-23)27-17-10-18-32(27)29(37)33(20-24-13-6-2-7-14-24)30(38)34(32)21-25-15-8-3-9-16-25/h1-9,11-17,26H,10,18-22H2/t26-,32+/m0/s1. The predicted molar refractivity (Wildman–Crippen MR) is 147 cm³/mol. The Labute approximate surface area is 232 Å². The summed E-state index contributed by atoms with van der Waals surface area (Å²) < 4.78 is 5.32. The molecular formula is C32H29N3O5. The van der Waals surface area contributed by atoms with Crippen molar-refractivity contribution in [1.82, 2.24) is 14.7 Å². The molecule has 8 heteroatoms. The van der Waals surface area contributed by atoms with Crippen LogP contribution in [-0.4, -0.2) is 56.8 Å². The monoisotopic (exact) mass is 535 g/mol. The lowest BCUT2D eigenvalue weighted by Crippen LogP contribution is -2.54. The van der Waals surface area contributed by atoms with E-state index in [0.717, 1.165) is 21.6 Å². The third kappa shape index (κ3) is 4.35. The molecule has 5 amide bonds. The molecule has 2 aliphatic heterocycles. The fraction of sp³-hybridized carbons (Fsp3) is 0.250. The molecule has 2 heterocycles. The SMILES string of the molecule is O=C1OC[C@H](Cc2ccccc2)N1C(=O)C1=CCC[C@]12C(=O)N(Cc1ccccc1)C(=O)N2Cc1ccccc1. The smallest absolute Gasteiger partial charge is 0.417 e. The summed E-state index contributed by atoms with van der Waals surface area (Å²) in [7, 11) is 0. The van der Waals surface area contributed by atoms with Crippen molar-refractivity contribution in [3.05, 3.63) is 119 Å². The Hall–Kier alpha value is -4.72. The van der Waals surface area contributed by atoms with Gasteiger partial charge in [0.1, 0.15) is 6.61 Å². The van der Waals surface area contributed by atoms with Crippen molar-refractivity contribution in [3.8, 4) is 0 Å². The maximum absolute atomic E-state index is 14.3. The molecule has 2 saturated heterocycles. The number of benzene rings is 3. The van der Waals surface area contributed by atoms with Gasteiger partial charge < -0.3 is 9.64 Å². The molecule has 1 aliphatic carbocycles. The van der Waals surface area contributed by atoms with E-state index in [1.807, 2.05) is 91.0 Å². The number of hydrogen-bond donors (Lipinski definition) is 0. The van der Waals surface area contributed by atoms with E-state index < -0.39 is 35.5 Å². The van der Waals surface area contributed by atoms with Gasteiger partial charge in [0.05, 0.1) is 12.6 Å². The molecule has 6 rings (SSSR count). The predicted octanol–water partition coefficient (Wildman–Crippen LogP) is 4.70. The van der Waals surface area contributed by atoms with Crippen molar-refractivity contribution in [2.75, 3.05) is 6.61 Å². The lowest BCUT2D eigenvalue weighted by atomic mass is 9.87. The summed E-state index contributed by atoms with van der Waals surface area (Å²) in [5.74, 6) is -1.02. The minimum absolute atomic E-state index is 0.0699. The maximum atomic E-state index is 14.3. The molecule has 8 nitrogen and oxygen atoms in total. The minimum Gasteiger partial charge on any atom is -0.447 e. The first-order valence-electron chi connectivity index (χ1n) is 13.5. The van der Waals surface area contributed by atoms with Crippen LogP contribution in [0.15, 0.2) is 103 Å². The second-order valence-corrected chi connectivity index (χ2v) is 10.3. The lowest BCUT2D eigenvalue weighted by Gasteiger charge is -2.35. The summed E-state index contributed by atoms with van der Waals surface area (Å²) in [6, 6.07) is 27.3. The van der Waals surface area contributed by atoms with Crippen molar-refractivity contribution in [3.63, 3.8) is 0 Å². The zero-order valence-electron chi connectivity index (χ0n) is 21.9. The van der Waals surface area contributed by atoms with Crippen molar-refractivity contribution in [1.29, 1.82) is 0 Å². The van der Waals surface area contributed by atoms with E-state index in [0.29, 0.717) is 12.8 Å². The Bertz CT molecular complexity index is 1470. The van der Waals surface area contributed by atoms with Gasteiger partial charge in [0.25, 0.3) is 11.8 Å². The van der Waals surface area contributed by atoms with Gasteiger partial charge in [-0.25, -0.2) is 14.5 Å². The third-order valence-electron chi connectivity index (χ3n) is 7.91. The van der Waals surface area contributed by atoms with E-state index in [9.17, 15) is 19.2 Å². The normalized spacial score (nSPS) is 22.3. The molecule has 0 bridgehead atoms. The van der Waals surface area contributed by atoms with E-state index in [4.69, 9.17) is 4.74 Å². The van der Waals surface area contributed by atoms with Crippen molar-refractivity contribution < 1.29 is 23.9 Å². The van der Waals surface area contributed by atoms with Gasteiger partial charge in [0.15, 0.2) is 5.54 Å². The first-order valence-corrected chi connectivity index (χ1v) is 13.5. The summed E-state index contributed by atoms with van der Waals surface area (Å²) in [6.45, 7) is 0.315. The zero-order chi connectivity index (χ0) is 27.7. The summed E-state index contributed by atoms with van der Waals surface area (Å²) in [5, 5.41) is 0. The Morgan fingerprint density at radius 3 is 2.00 bits per heavy atom. The Morgan fingerprint density at radius 2 is 1.38 bits per heavy atom. The Morgan fingerprint density at radius 1 is 0.800 bits per heavy atom. The highest BCUT2D eigenvalue weighted by Crippen LogP contribution is 2.45. The molecule has 202 valence electrons. The van der Waals surface area contributed by atoms with Gasteiger partial charge in [0, 0.05) is 12.1 Å². The topological polar surface area (TPSA) is 87.2 Å². The highest BCUT2D eigenvalue weighted by Gasteiger charge is 2.63. The van der Waals surface area contributed by atoms with Crippen LogP contribution in [0.1, 0.15) is 29.5 Å². The number of ether oxygens (including phenoxy) is 1. The minimum atomic E-state index is -1.50. The molecule has 0 radical (unpaired) electrons. The first kappa shape index (κ1) is 25.6. The molecular weight excluding hydrogens is 506 g/mol. The quantitative estimate of drug-likeness (QED) is 0.410. The molecule has 1 spiro atoms. The average Bonchev–Trinajstić information content (AvgIpc) is 3.64. The number of urea groups is 1. The number of rotatable bonds is 7. The van der Waals surface area contributed by atoms with Crippen molar-refractivity contribution >= 4 is 23.9 Å². The van der Waals surface area contributed by atoms with E-state index in [1.54, 1.807) is 6.08 Å². The molecule has 0 N–H and O–H groups in total. The molecule has 2 fully saturated rings. The fourth-order valence-electron chi connectivity index (χ4n) is 5.98. The van der Waals surface area contributed by atoms with Gasteiger partial charge in [-0.3, -0.25) is 14.5 Å². The van der Waals surface area contributed by atoms with Crippen molar-refractivity contribution in [2.45, 2.75) is 43.9 Å². The number of amides is 5. The van der Waals surface area contributed by atoms with Gasteiger partial charge >= 0.3 is 12.1 Å². The number of hydrogen-bond acceptors (Lipinski definition) is 5. The second kappa shape index (κ2) is 10.4. The lowest BCUT2D eigenvalue weighted by molar-refractivity contribution is -0.135. The summed E-state index contributed by atoms with van der Waals surface area (Å²) in [4.78, 5) is 59.1. The van der Waals surface area contributed by atoms with E-state index in [1.165, 1.54) is 9.80 Å². The molecule has 40 heavy (non-hydrogen) atoms. The largest absolute Gasteiger partial charge is 0.447 e. The molecule has 2 atom stereocenters. The number of allylic oxidation sites excluding steroid dienone is 1. The zero-order valence-corrected chi connectivity index (χ0v) is 21.9.